The lowest BCUT2D eigenvalue weighted by Gasteiger charge is -2.12. The summed E-state index contributed by atoms with van der Waals surface area (Å²) in [5, 5.41) is 3.24. The lowest BCUT2D eigenvalue weighted by Crippen LogP contribution is -2.42. The molecule has 0 radical (unpaired) electrons. The lowest BCUT2D eigenvalue weighted by atomic mass is 10.2. The smallest absolute Gasteiger partial charge is 0.269 e. The van der Waals surface area contributed by atoms with Gasteiger partial charge in [-0.05, 0) is 47.8 Å². The molecule has 7 nitrogen and oxygen atoms in total. The van der Waals surface area contributed by atoms with Gasteiger partial charge in [-0.25, -0.2) is 4.98 Å². The summed E-state index contributed by atoms with van der Waals surface area (Å²) in [6.45, 7) is 0. The third kappa shape index (κ3) is 4.79. The van der Waals surface area contributed by atoms with Crippen LogP contribution in [0.3, 0.4) is 0 Å². The largest absolute Gasteiger partial charge is 0.272 e. The Kier molecular flexibility index (Phi) is 6.36. The van der Waals surface area contributed by atoms with Crippen molar-refractivity contribution in [3.63, 3.8) is 0 Å². The van der Waals surface area contributed by atoms with Crippen LogP contribution in [0, 0.1) is 0 Å². The van der Waals surface area contributed by atoms with Crippen molar-refractivity contribution in [3.05, 3.63) is 87.0 Å². The fraction of sp³-hybridized carbons (Fsp3) is 0.0476. The first-order chi connectivity index (χ1) is 15.0. The molecule has 4 aromatic rings. The van der Waals surface area contributed by atoms with E-state index >= 15 is 0 Å². The van der Waals surface area contributed by atoms with Gasteiger partial charge in [-0.1, -0.05) is 41.6 Å². The molecule has 2 aromatic carbocycles. The molecule has 2 aromatic heterocycles. The Bertz CT molecular complexity index is 1300. The quantitative estimate of drug-likeness (QED) is 0.264. The number of nitrogens with zero attached hydrogens (tertiary/aromatic N) is 2. The second kappa shape index (κ2) is 9.34. The molecule has 0 aliphatic carbocycles. The van der Waals surface area contributed by atoms with Crippen molar-refractivity contribution in [3.8, 4) is 5.69 Å². The van der Waals surface area contributed by atoms with E-state index in [1.54, 1.807) is 42.5 Å². The molecule has 156 valence electrons. The zero-order chi connectivity index (χ0) is 21.8. The van der Waals surface area contributed by atoms with Crippen LogP contribution in [-0.4, -0.2) is 27.1 Å². The minimum Gasteiger partial charge on any atom is -0.272 e. The summed E-state index contributed by atoms with van der Waals surface area (Å²) in [5.74, 6) is -0.946. The molecule has 0 bridgehead atoms. The molecule has 0 unspecified atom stereocenters. The highest BCUT2D eigenvalue weighted by Gasteiger charge is 2.16. The number of fused-ring (bicyclic) bond motifs is 1. The Hall–Kier alpha value is -3.14. The minimum atomic E-state index is -0.464. The van der Waals surface area contributed by atoms with Crippen molar-refractivity contribution in [1.82, 2.24) is 20.4 Å². The SMILES string of the molecule is O=C(CSc1nc2sccc2c(=O)n1-c1ccccc1)NNC(=O)c1ccc(Cl)cc1. The molecular formula is C21H15ClN4O3S2. The van der Waals surface area contributed by atoms with Crippen LogP contribution in [0.4, 0.5) is 0 Å². The molecule has 31 heavy (non-hydrogen) atoms. The molecule has 0 saturated carbocycles. The number of hydrazine groups is 1. The average molecular weight is 471 g/mol. The van der Waals surface area contributed by atoms with Gasteiger partial charge in [0.05, 0.1) is 16.8 Å². The predicted octanol–water partition coefficient (Wildman–Crippen LogP) is 3.65. The van der Waals surface area contributed by atoms with E-state index in [4.69, 9.17) is 11.6 Å². The zero-order valence-corrected chi connectivity index (χ0v) is 18.3. The summed E-state index contributed by atoms with van der Waals surface area (Å²) in [6.07, 6.45) is 0. The van der Waals surface area contributed by atoms with Crippen molar-refractivity contribution in [1.29, 1.82) is 0 Å². The van der Waals surface area contributed by atoms with Crippen LogP contribution < -0.4 is 16.4 Å². The van der Waals surface area contributed by atoms with E-state index in [9.17, 15) is 14.4 Å². The van der Waals surface area contributed by atoms with Crippen LogP contribution in [0.25, 0.3) is 15.9 Å². The van der Waals surface area contributed by atoms with Gasteiger partial charge in [-0.2, -0.15) is 0 Å². The average Bonchev–Trinajstić information content (AvgIpc) is 3.26. The van der Waals surface area contributed by atoms with Crippen LogP contribution in [0.5, 0.6) is 0 Å². The molecule has 2 heterocycles. The Morgan fingerprint density at radius 1 is 1.03 bits per heavy atom. The molecule has 0 fully saturated rings. The summed E-state index contributed by atoms with van der Waals surface area (Å²) in [5.41, 5.74) is 5.55. The first-order valence-electron chi connectivity index (χ1n) is 9.06. The number of thiophene rings is 1. The van der Waals surface area contributed by atoms with Gasteiger partial charge in [0.25, 0.3) is 11.5 Å². The number of nitrogens with one attached hydrogen (secondary N) is 2. The Morgan fingerprint density at radius 2 is 1.77 bits per heavy atom. The Balaban J connectivity index is 1.48. The van der Waals surface area contributed by atoms with E-state index in [0.29, 0.717) is 31.6 Å². The highest BCUT2D eigenvalue weighted by atomic mass is 35.5. The summed E-state index contributed by atoms with van der Waals surface area (Å²) in [6, 6.07) is 17.1. The minimum absolute atomic E-state index is 0.0446. The molecule has 10 heteroatoms. The number of hydrogen-bond acceptors (Lipinski definition) is 6. The summed E-state index contributed by atoms with van der Waals surface area (Å²) in [4.78, 5) is 42.5. The van der Waals surface area contributed by atoms with Crippen LogP contribution in [0.1, 0.15) is 10.4 Å². The molecule has 2 N–H and O–H groups in total. The number of aromatic nitrogens is 2. The molecular weight excluding hydrogens is 456 g/mol. The molecule has 0 atom stereocenters. The van der Waals surface area contributed by atoms with Crippen LogP contribution in [-0.2, 0) is 4.79 Å². The maximum atomic E-state index is 13.0. The molecule has 0 spiro atoms. The highest BCUT2D eigenvalue weighted by Crippen LogP contribution is 2.23. The zero-order valence-electron chi connectivity index (χ0n) is 15.9. The van der Waals surface area contributed by atoms with Crippen molar-refractivity contribution >= 4 is 56.7 Å². The van der Waals surface area contributed by atoms with Gasteiger partial charge in [0, 0.05) is 10.6 Å². The van der Waals surface area contributed by atoms with Crippen LogP contribution in [0.15, 0.2) is 76.0 Å². The fourth-order valence-corrected chi connectivity index (χ4v) is 4.51. The van der Waals surface area contributed by atoms with Crippen molar-refractivity contribution in [2.75, 3.05) is 5.75 Å². The summed E-state index contributed by atoms with van der Waals surface area (Å²) in [7, 11) is 0. The number of amides is 2. The van der Waals surface area contributed by atoms with Crippen LogP contribution in [0.2, 0.25) is 5.02 Å². The molecule has 0 aliphatic rings. The maximum absolute atomic E-state index is 13.0. The standard InChI is InChI=1S/C21H15ClN4O3S2/c22-14-8-6-13(7-9-14)18(28)25-24-17(27)12-31-21-23-19-16(10-11-30-19)20(29)26(21)15-4-2-1-3-5-15/h1-11H,12H2,(H,24,27)(H,25,28). The first-order valence-corrected chi connectivity index (χ1v) is 11.3. The van der Waals surface area contributed by atoms with Gasteiger partial charge in [0.15, 0.2) is 5.16 Å². The monoisotopic (exact) mass is 470 g/mol. The number of hydrogen-bond donors (Lipinski definition) is 2. The lowest BCUT2D eigenvalue weighted by molar-refractivity contribution is -0.119. The van der Waals surface area contributed by atoms with Gasteiger partial charge in [-0.15, -0.1) is 11.3 Å². The van der Waals surface area contributed by atoms with Gasteiger partial charge < -0.3 is 0 Å². The summed E-state index contributed by atoms with van der Waals surface area (Å²) < 4.78 is 1.49. The van der Waals surface area contributed by atoms with Gasteiger partial charge in [0.1, 0.15) is 4.83 Å². The molecule has 0 aliphatic heterocycles. The van der Waals surface area contributed by atoms with Crippen molar-refractivity contribution in [2.24, 2.45) is 0 Å². The number of carbonyl (C=O) groups is 2. The maximum Gasteiger partial charge on any atom is 0.269 e. The number of carbonyl (C=O) groups excluding carboxylic acids is 2. The Morgan fingerprint density at radius 3 is 2.52 bits per heavy atom. The normalized spacial score (nSPS) is 10.7. The van der Waals surface area contributed by atoms with Gasteiger partial charge in [-0.3, -0.25) is 29.8 Å². The second-order valence-electron chi connectivity index (χ2n) is 6.31. The van der Waals surface area contributed by atoms with Gasteiger partial charge in [0.2, 0.25) is 5.91 Å². The van der Waals surface area contributed by atoms with E-state index in [-0.39, 0.29) is 11.3 Å². The second-order valence-corrected chi connectivity index (χ2v) is 8.58. The van der Waals surface area contributed by atoms with E-state index in [1.165, 1.54) is 15.9 Å². The number of benzene rings is 2. The molecule has 0 saturated heterocycles. The Labute approximate surface area is 190 Å². The number of halogens is 1. The fourth-order valence-electron chi connectivity index (χ4n) is 2.76. The predicted molar refractivity (Wildman–Crippen MR) is 123 cm³/mol. The molecule has 4 rings (SSSR count). The molecule has 2 amide bonds. The highest BCUT2D eigenvalue weighted by molar-refractivity contribution is 7.99. The third-order valence-electron chi connectivity index (χ3n) is 4.24. The van der Waals surface area contributed by atoms with Crippen molar-refractivity contribution < 1.29 is 9.59 Å². The number of para-hydroxylation sites is 1. The summed E-state index contributed by atoms with van der Waals surface area (Å²) >= 11 is 8.28. The van der Waals surface area contributed by atoms with Gasteiger partial charge >= 0.3 is 0 Å². The van der Waals surface area contributed by atoms with E-state index in [2.05, 4.69) is 15.8 Å². The number of thioether (sulfide) groups is 1. The number of rotatable bonds is 5. The third-order valence-corrected chi connectivity index (χ3v) is 6.23. The topological polar surface area (TPSA) is 93.1 Å². The van der Waals surface area contributed by atoms with Crippen molar-refractivity contribution in [2.45, 2.75) is 5.16 Å². The first kappa shape index (κ1) is 21.1. The van der Waals surface area contributed by atoms with E-state index in [0.717, 1.165) is 11.8 Å². The van der Waals surface area contributed by atoms with E-state index in [1.807, 2.05) is 23.6 Å². The van der Waals surface area contributed by atoms with Crippen LogP contribution >= 0.6 is 34.7 Å². The van der Waals surface area contributed by atoms with E-state index < -0.39 is 11.8 Å².